The summed E-state index contributed by atoms with van der Waals surface area (Å²) in [6.45, 7) is 7.17. The summed E-state index contributed by atoms with van der Waals surface area (Å²) in [5.41, 5.74) is 5.95. The molecule has 3 atom stereocenters. The number of carbonyl (C=O) groups is 1. The maximum absolute atomic E-state index is 11.8. The predicted octanol–water partition coefficient (Wildman–Crippen LogP) is 1.47. The van der Waals surface area contributed by atoms with Crippen LogP contribution in [0.25, 0.3) is 0 Å². The minimum Gasteiger partial charge on any atom is -0.345 e. The van der Waals surface area contributed by atoms with Crippen molar-refractivity contribution in [1.82, 2.24) is 4.90 Å². The van der Waals surface area contributed by atoms with Crippen molar-refractivity contribution in [3.63, 3.8) is 0 Å². The van der Waals surface area contributed by atoms with Gasteiger partial charge in [0.2, 0.25) is 5.91 Å². The van der Waals surface area contributed by atoms with E-state index >= 15 is 0 Å². The van der Waals surface area contributed by atoms with Crippen molar-refractivity contribution in [1.29, 1.82) is 0 Å². The van der Waals surface area contributed by atoms with E-state index in [0.717, 1.165) is 19.4 Å². The molecule has 0 saturated heterocycles. The summed E-state index contributed by atoms with van der Waals surface area (Å²) in [6.07, 6.45) is 1.97. The largest absolute Gasteiger partial charge is 0.345 e. The van der Waals surface area contributed by atoms with Crippen LogP contribution >= 0.6 is 0 Å². The molecule has 0 aromatic rings. The Kier molecular flexibility index (Phi) is 4.14. The summed E-state index contributed by atoms with van der Waals surface area (Å²) >= 11 is 0. The molecule has 15 heavy (non-hydrogen) atoms. The van der Waals surface area contributed by atoms with Gasteiger partial charge < -0.3 is 10.6 Å². The van der Waals surface area contributed by atoms with E-state index in [1.807, 2.05) is 11.9 Å². The van der Waals surface area contributed by atoms with Crippen LogP contribution in [0.4, 0.5) is 0 Å². The molecule has 1 fully saturated rings. The third kappa shape index (κ3) is 3.49. The Balaban J connectivity index is 2.23. The van der Waals surface area contributed by atoms with Crippen molar-refractivity contribution >= 4 is 5.91 Å². The number of rotatable bonds is 5. The summed E-state index contributed by atoms with van der Waals surface area (Å²) in [5, 5.41) is 0. The van der Waals surface area contributed by atoms with Gasteiger partial charge >= 0.3 is 0 Å². The monoisotopic (exact) mass is 212 g/mol. The van der Waals surface area contributed by atoms with Crippen LogP contribution in [0.5, 0.6) is 0 Å². The first-order valence-electron chi connectivity index (χ1n) is 5.94. The number of amides is 1. The minimum absolute atomic E-state index is 0.205. The highest BCUT2D eigenvalue weighted by Gasteiger charge is 2.40. The molecule has 0 bridgehead atoms. The van der Waals surface area contributed by atoms with Gasteiger partial charge in [-0.15, -0.1) is 0 Å². The Bertz CT molecular complexity index is 228. The normalized spacial score (nSPS) is 26.5. The maximum Gasteiger partial charge on any atom is 0.225 e. The molecule has 0 aromatic carbocycles. The van der Waals surface area contributed by atoms with Gasteiger partial charge in [0, 0.05) is 25.6 Å². The standard InChI is InChI=1S/C12H24N2O/c1-8(2)11(13)5-6-14(4)12(15)10-7-9(10)3/h8-11H,5-7,13H2,1-4H3/t9-,10+,11-/m1/s1. The van der Waals surface area contributed by atoms with Crippen molar-refractivity contribution in [2.24, 2.45) is 23.5 Å². The van der Waals surface area contributed by atoms with Crippen molar-refractivity contribution in [3.8, 4) is 0 Å². The fourth-order valence-electron chi connectivity index (χ4n) is 1.74. The molecular formula is C12H24N2O. The van der Waals surface area contributed by atoms with E-state index in [1.54, 1.807) is 0 Å². The minimum atomic E-state index is 0.205. The van der Waals surface area contributed by atoms with Gasteiger partial charge in [0.05, 0.1) is 0 Å². The molecule has 0 unspecified atom stereocenters. The van der Waals surface area contributed by atoms with Gasteiger partial charge in [0.1, 0.15) is 0 Å². The van der Waals surface area contributed by atoms with E-state index in [4.69, 9.17) is 5.73 Å². The van der Waals surface area contributed by atoms with Crippen LogP contribution in [0.3, 0.4) is 0 Å². The highest BCUT2D eigenvalue weighted by molar-refractivity contribution is 5.81. The molecule has 1 aliphatic carbocycles. The van der Waals surface area contributed by atoms with Crippen LogP contribution in [0.15, 0.2) is 0 Å². The van der Waals surface area contributed by atoms with E-state index in [2.05, 4.69) is 20.8 Å². The summed E-state index contributed by atoms with van der Waals surface area (Å²) in [7, 11) is 1.89. The topological polar surface area (TPSA) is 46.3 Å². The van der Waals surface area contributed by atoms with Gasteiger partial charge in [-0.2, -0.15) is 0 Å². The van der Waals surface area contributed by atoms with Crippen LogP contribution in [-0.2, 0) is 4.79 Å². The molecule has 0 radical (unpaired) electrons. The molecule has 0 heterocycles. The molecule has 3 heteroatoms. The van der Waals surface area contributed by atoms with E-state index < -0.39 is 0 Å². The van der Waals surface area contributed by atoms with E-state index in [1.165, 1.54) is 0 Å². The van der Waals surface area contributed by atoms with E-state index in [-0.39, 0.29) is 6.04 Å². The second-order valence-corrected chi connectivity index (χ2v) is 5.28. The highest BCUT2D eigenvalue weighted by Crippen LogP contribution is 2.38. The third-order valence-corrected chi connectivity index (χ3v) is 3.46. The Labute approximate surface area is 93.0 Å². The van der Waals surface area contributed by atoms with Gasteiger partial charge in [-0.25, -0.2) is 0 Å². The predicted molar refractivity (Wildman–Crippen MR) is 62.3 cm³/mol. The number of hydrogen-bond acceptors (Lipinski definition) is 2. The zero-order chi connectivity index (χ0) is 11.6. The average Bonchev–Trinajstić information content (AvgIpc) is 2.89. The van der Waals surface area contributed by atoms with Crippen LogP contribution in [0, 0.1) is 17.8 Å². The maximum atomic E-state index is 11.8. The zero-order valence-corrected chi connectivity index (χ0v) is 10.4. The quantitative estimate of drug-likeness (QED) is 0.750. The molecule has 0 spiro atoms. The first-order chi connectivity index (χ1) is 6.93. The molecule has 1 saturated carbocycles. The van der Waals surface area contributed by atoms with Gasteiger partial charge in [0.15, 0.2) is 0 Å². The number of hydrogen-bond donors (Lipinski definition) is 1. The van der Waals surface area contributed by atoms with Crippen molar-refractivity contribution in [3.05, 3.63) is 0 Å². The first kappa shape index (κ1) is 12.5. The zero-order valence-electron chi connectivity index (χ0n) is 10.4. The molecule has 0 aromatic heterocycles. The molecule has 3 nitrogen and oxygen atoms in total. The van der Waals surface area contributed by atoms with E-state index in [0.29, 0.717) is 23.7 Å². The third-order valence-electron chi connectivity index (χ3n) is 3.46. The fraction of sp³-hybridized carbons (Fsp3) is 0.917. The number of nitrogens with zero attached hydrogens (tertiary/aromatic N) is 1. The summed E-state index contributed by atoms with van der Waals surface area (Å²) in [5.74, 6) is 1.69. The molecule has 1 amide bonds. The number of nitrogens with two attached hydrogens (primary N) is 1. The highest BCUT2D eigenvalue weighted by atomic mass is 16.2. The Hall–Kier alpha value is -0.570. The Morgan fingerprint density at radius 3 is 2.47 bits per heavy atom. The van der Waals surface area contributed by atoms with Crippen molar-refractivity contribution in [2.75, 3.05) is 13.6 Å². The molecule has 1 aliphatic rings. The fourth-order valence-corrected chi connectivity index (χ4v) is 1.74. The van der Waals surface area contributed by atoms with Crippen LogP contribution in [0.2, 0.25) is 0 Å². The lowest BCUT2D eigenvalue weighted by molar-refractivity contribution is -0.131. The van der Waals surface area contributed by atoms with Gasteiger partial charge in [-0.05, 0) is 24.7 Å². The lowest BCUT2D eigenvalue weighted by atomic mass is 10.0. The molecule has 88 valence electrons. The van der Waals surface area contributed by atoms with Crippen LogP contribution in [-0.4, -0.2) is 30.4 Å². The Morgan fingerprint density at radius 1 is 1.53 bits per heavy atom. The van der Waals surface area contributed by atoms with E-state index in [9.17, 15) is 4.79 Å². The smallest absolute Gasteiger partial charge is 0.225 e. The van der Waals surface area contributed by atoms with Crippen LogP contribution in [0.1, 0.15) is 33.6 Å². The lowest BCUT2D eigenvalue weighted by Crippen LogP contribution is -2.35. The average molecular weight is 212 g/mol. The summed E-state index contributed by atoms with van der Waals surface area (Å²) < 4.78 is 0. The molecule has 2 N–H and O–H groups in total. The van der Waals surface area contributed by atoms with Crippen molar-refractivity contribution < 1.29 is 4.79 Å². The van der Waals surface area contributed by atoms with Crippen molar-refractivity contribution in [2.45, 2.75) is 39.7 Å². The summed E-state index contributed by atoms with van der Waals surface area (Å²) in [4.78, 5) is 13.6. The lowest BCUT2D eigenvalue weighted by Gasteiger charge is -2.21. The molecular weight excluding hydrogens is 188 g/mol. The summed E-state index contributed by atoms with van der Waals surface area (Å²) in [6, 6.07) is 0.205. The second kappa shape index (κ2) is 4.97. The van der Waals surface area contributed by atoms with Gasteiger partial charge in [-0.1, -0.05) is 20.8 Å². The van der Waals surface area contributed by atoms with Gasteiger partial charge in [0.25, 0.3) is 0 Å². The molecule has 0 aliphatic heterocycles. The molecule has 1 rings (SSSR count). The Morgan fingerprint density at radius 2 is 2.07 bits per heavy atom. The SMILES string of the molecule is CC(C)[C@H](N)CCN(C)C(=O)[C@H]1C[C@H]1C. The number of carbonyl (C=O) groups excluding carboxylic acids is 1. The first-order valence-corrected chi connectivity index (χ1v) is 5.94. The second-order valence-electron chi connectivity index (χ2n) is 5.28. The van der Waals surface area contributed by atoms with Gasteiger partial charge in [-0.3, -0.25) is 4.79 Å². The van der Waals surface area contributed by atoms with Crippen LogP contribution < -0.4 is 5.73 Å².